The van der Waals surface area contributed by atoms with E-state index >= 15 is 0 Å². The first-order valence-electron chi connectivity index (χ1n) is 8.58. The summed E-state index contributed by atoms with van der Waals surface area (Å²) in [5.74, 6) is -0.375. The van der Waals surface area contributed by atoms with E-state index in [9.17, 15) is 9.59 Å². The Morgan fingerprint density at radius 2 is 2.08 bits per heavy atom. The Labute approximate surface area is 148 Å². The number of nitrogens with one attached hydrogen (secondary N) is 2. The zero-order valence-corrected chi connectivity index (χ0v) is 15.0. The van der Waals surface area contributed by atoms with Crippen LogP contribution in [-0.2, 0) is 11.3 Å². The molecule has 0 fully saturated rings. The van der Waals surface area contributed by atoms with Gasteiger partial charge in [-0.3, -0.25) is 9.59 Å². The summed E-state index contributed by atoms with van der Waals surface area (Å²) in [6.45, 7) is 7.13. The SMILES string of the molecule is Cc1cccc(C(=O)NC(C(=O)NCCCn2ccnc2)C(C)C)c1. The first kappa shape index (κ1) is 18.7. The highest BCUT2D eigenvalue weighted by Gasteiger charge is 2.24. The van der Waals surface area contributed by atoms with Crippen LogP contribution in [0.5, 0.6) is 0 Å². The molecule has 2 rings (SSSR count). The van der Waals surface area contributed by atoms with Crippen molar-refractivity contribution in [1.82, 2.24) is 20.2 Å². The number of aryl methyl sites for hydroxylation is 2. The average molecular weight is 342 g/mol. The maximum Gasteiger partial charge on any atom is 0.251 e. The molecule has 0 aliphatic rings. The van der Waals surface area contributed by atoms with Crippen molar-refractivity contribution >= 4 is 11.8 Å². The van der Waals surface area contributed by atoms with E-state index < -0.39 is 6.04 Å². The number of imidazole rings is 1. The molecule has 1 atom stereocenters. The zero-order chi connectivity index (χ0) is 18.2. The highest BCUT2D eigenvalue weighted by Crippen LogP contribution is 2.07. The highest BCUT2D eigenvalue weighted by atomic mass is 16.2. The molecule has 0 spiro atoms. The summed E-state index contributed by atoms with van der Waals surface area (Å²) in [5, 5.41) is 5.76. The van der Waals surface area contributed by atoms with Gasteiger partial charge in [-0.05, 0) is 31.4 Å². The van der Waals surface area contributed by atoms with Crippen molar-refractivity contribution in [2.45, 2.75) is 39.8 Å². The monoisotopic (exact) mass is 342 g/mol. The third-order valence-corrected chi connectivity index (χ3v) is 3.97. The summed E-state index contributed by atoms with van der Waals surface area (Å²) in [6, 6.07) is 6.79. The Hall–Kier alpha value is -2.63. The van der Waals surface area contributed by atoms with E-state index in [1.54, 1.807) is 18.6 Å². The molecule has 0 radical (unpaired) electrons. The molecule has 2 amide bonds. The largest absolute Gasteiger partial charge is 0.354 e. The summed E-state index contributed by atoms with van der Waals surface area (Å²) in [4.78, 5) is 28.8. The maximum absolute atomic E-state index is 12.4. The van der Waals surface area contributed by atoms with Crippen LogP contribution in [0.25, 0.3) is 0 Å². The molecule has 6 heteroatoms. The van der Waals surface area contributed by atoms with Gasteiger partial charge in [-0.1, -0.05) is 31.5 Å². The van der Waals surface area contributed by atoms with Gasteiger partial charge in [0.15, 0.2) is 0 Å². The Morgan fingerprint density at radius 1 is 1.28 bits per heavy atom. The van der Waals surface area contributed by atoms with Gasteiger partial charge in [-0.2, -0.15) is 0 Å². The third-order valence-electron chi connectivity index (χ3n) is 3.97. The molecule has 6 nitrogen and oxygen atoms in total. The van der Waals surface area contributed by atoms with Gasteiger partial charge in [0, 0.05) is 31.0 Å². The molecule has 1 heterocycles. The van der Waals surface area contributed by atoms with Crippen LogP contribution in [-0.4, -0.2) is 34.0 Å². The highest BCUT2D eigenvalue weighted by molar-refractivity contribution is 5.97. The minimum Gasteiger partial charge on any atom is -0.354 e. The third kappa shape index (κ3) is 5.74. The van der Waals surface area contributed by atoms with Crippen LogP contribution >= 0.6 is 0 Å². The van der Waals surface area contributed by atoms with Gasteiger partial charge in [0.05, 0.1) is 6.33 Å². The van der Waals surface area contributed by atoms with Gasteiger partial charge in [0.1, 0.15) is 6.04 Å². The van der Waals surface area contributed by atoms with Crippen LogP contribution in [0.1, 0.15) is 36.2 Å². The number of hydrogen-bond donors (Lipinski definition) is 2. The molecule has 25 heavy (non-hydrogen) atoms. The van der Waals surface area contributed by atoms with Crippen molar-refractivity contribution in [2.24, 2.45) is 5.92 Å². The van der Waals surface area contributed by atoms with E-state index in [2.05, 4.69) is 15.6 Å². The predicted octanol–water partition coefficient (Wildman–Crippen LogP) is 2.15. The van der Waals surface area contributed by atoms with Crippen LogP contribution in [0.3, 0.4) is 0 Å². The van der Waals surface area contributed by atoms with Crippen molar-refractivity contribution in [1.29, 1.82) is 0 Å². The molecule has 2 N–H and O–H groups in total. The second-order valence-electron chi connectivity index (χ2n) is 6.51. The average Bonchev–Trinajstić information content (AvgIpc) is 3.09. The van der Waals surface area contributed by atoms with E-state index in [-0.39, 0.29) is 17.7 Å². The minimum atomic E-state index is -0.554. The molecule has 1 aromatic heterocycles. The van der Waals surface area contributed by atoms with E-state index in [0.29, 0.717) is 12.1 Å². The molecule has 1 aromatic carbocycles. The van der Waals surface area contributed by atoms with Crippen molar-refractivity contribution in [3.05, 3.63) is 54.1 Å². The second kappa shape index (κ2) is 9.01. The first-order valence-corrected chi connectivity index (χ1v) is 8.58. The van der Waals surface area contributed by atoms with Gasteiger partial charge in [0.25, 0.3) is 5.91 Å². The van der Waals surface area contributed by atoms with Crippen LogP contribution in [0.15, 0.2) is 43.0 Å². The predicted molar refractivity (Wildman–Crippen MR) is 97.1 cm³/mol. The lowest BCUT2D eigenvalue weighted by Crippen LogP contribution is -2.50. The normalized spacial score (nSPS) is 12.0. The second-order valence-corrected chi connectivity index (χ2v) is 6.51. The van der Waals surface area contributed by atoms with Gasteiger partial charge in [-0.25, -0.2) is 4.98 Å². The number of amides is 2. The molecule has 0 bridgehead atoms. The number of benzene rings is 1. The number of carbonyl (C=O) groups is 2. The van der Waals surface area contributed by atoms with E-state index in [1.165, 1.54) is 0 Å². The van der Waals surface area contributed by atoms with Crippen LogP contribution in [0, 0.1) is 12.8 Å². The van der Waals surface area contributed by atoms with Crippen LogP contribution < -0.4 is 10.6 Å². The molecule has 0 saturated carbocycles. The fourth-order valence-electron chi connectivity index (χ4n) is 2.55. The van der Waals surface area contributed by atoms with Gasteiger partial charge < -0.3 is 15.2 Å². The number of nitrogens with zero attached hydrogens (tertiary/aromatic N) is 2. The summed E-state index contributed by atoms with van der Waals surface area (Å²) >= 11 is 0. The fraction of sp³-hybridized carbons (Fsp3) is 0.421. The van der Waals surface area contributed by atoms with Gasteiger partial charge in [-0.15, -0.1) is 0 Å². The smallest absolute Gasteiger partial charge is 0.251 e. The van der Waals surface area contributed by atoms with E-state index in [0.717, 1.165) is 18.5 Å². The number of rotatable bonds is 8. The summed E-state index contributed by atoms with van der Waals surface area (Å²) < 4.78 is 1.96. The number of carbonyl (C=O) groups excluding carboxylic acids is 2. The molecule has 0 aliphatic carbocycles. The quantitative estimate of drug-likeness (QED) is 0.722. The number of hydrogen-bond acceptors (Lipinski definition) is 3. The topological polar surface area (TPSA) is 76.0 Å². The number of aromatic nitrogens is 2. The molecular weight excluding hydrogens is 316 g/mol. The Bertz CT molecular complexity index is 695. The van der Waals surface area contributed by atoms with Crippen molar-refractivity contribution < 1.29 is 9.59 Å². The standard InChI is InChI=1S/C19H26N4O2/c1-14(2)17(22-18(24)16-7-4-6-15(3)12-16)19(25)21-8-5-10-23-11-9-20-13-23/h4,6-7,9,11-14,17H,5,8,10H2,1-3H3,(H,21,25)(H,22,24). The minimum absolute atomic E-state index is 0.00223. The maximum atomic E-state index is 12.4. The summed E-state index contributed by atoms with van der Waals surface area (Å²) in [7, 11) is 0. The molecular formula is C19H26N4O2. The van der Waals surface area contributed by atoms with Crippen LogP contribution in [0.2, 0.25) is 0 Å². The molecule has 134 valence electrons. The van der Waals surface area contributed by atoms with Crippen molar-refractivity contribution in [2.75, 3.05) is 6.54 Å². The lowest BCUT2D eigenvalue weighted by molar-refractivity contribution is -0.123. The zero-order valence-electron chi connectivity index (χ0n) is 15.0. The molecule has 2 aromatic rings. The summed E-state index contributed by atoms with van der Waals surface area (Å²) in [5.41, 5.74) is 1.58. The lowest BCUT2D eigenvalue weighted by atomic mass is 10.0. The Balaban J connectivity index is 1.86. The van der Waals surface area contributed by atoms with Crippen LogP contribution in [0.4, 0.5) is 0 Å². The fourth-order valence-corrected chi connectivity index (χ4v) is 2.55. The molecule has 0 saturated heterocycles. The van der Waals surface area contributed by atoms with E-state index in [1.807, 2.05) is 49.7 Å². The van der Waals surface area contributed by atoms with Crippen molar-refractivity contribution in [3.8, 4) is 0 Å². The van der Waals surface area contributed by atoms with Crippen molar-refractivity contribution in [3.63, 3.8) is 0 Å². The molecule has 0 aliphatic heterocycles. The lowest BCUT2D eigenvalue weighted by Gasteiger charge is -2.22. The molecule has 1 unspecified atom stereocenters. The van der Waals surface area contributed by atoms with Gasteiger partial charge in [0.2, 0.25) is 5.91 Å². The summed E-state index contributed by atoms with van der Waals surface area (Å²) in [6.07, 6.45) is 6.18. The van der Waals surface area contributed by atoms with E-state index in [4.69, 9.17) is 0 Å². The first-order chi connectivity index (χ1) is 12.0. The van der Waals surface area contributed by atoms with Gasteiger partial charge >= 0.3 is 0 Å². The Morgan fingerprint density at radius 3 is 2.72 bits per heavy atom. The Kier molecular flexibility index (Phi) is 6.74.